The molecule has 0 bridgehead atoms. The highest BCUT2D eigenvalue weighted by Gasteiger charge is 2.18. The highest BCUT2D eigenvalue weighted by molar-refractivity contribution is 5.77. The van der Waals surface area contributed by atoms with Crippen LogP contribution in [-0.4, -0.2) is 57.5 Å². The molecule has 0 aromatic heterocycles. The van der Waals surface area contributed by atoms with Gasteiger partial charge in [0.15, 0.2) is 0 Å². The molecule has 0 radical (unpaired) electrons. The fraction of sp³-hybridized carbons (Fsp3) is 0.529. The lowest BCUT2D eigenvalue weighted by Crippen LogP contribution is -2.35. The van der Waals surface area contributed by atoms with E-state index < -0.39 is 0 Å². The molecule has 6 heteroatoms. The Morgan fingerprint density at radius 3 is 2.48 bits per heavy atom. The van der Waals surface area contributed by atoms with E-state index in [1.54, 1.807) is 18.0 Å². The second kappa shape index (κ2) is 12.4. The zero-order chi connectivity index (χ0) is 17.7. The first-order valence-corrected chi connectivity index (χ1v) is 7.53. The molecule has 1 N–H and O–H groups in total. The van der Waals surface area contributed by atoms with Crippen LogP contribution in [0.3, 0.4) is 0 Å². The summed E-state index contributed by atoms with van der Waals surface area (Å²) in [6.45, 7) is 0.418. The van der Waals surface area contributed by atoms with Crippen molar-refractivity contribution in [1.82, 2.24) is 10.2 Å². The van der Waals surface area contributed by atoms with Gasteiger partial charge >= 0.3 is 0 Å². The number of allylic oxidation sites excluding steroid dienone is 2. The van der Waals surface area contributed by atoms with Crippen molar-refractivity contribution < 1.29 is 14.4 Å². The van der Waals surface area contributed by atoms with Crippen LogP contribution in [0.4, 0.5) is 0 Å². The SMILES string of the molecule is CN(CC1=C(C=O)CCC(C#N)=C1)C(C=O)CCC=O.CNC. The van der Waals surface area contributed by atoms with Gasteiger partial charge in [0.2, 0.25) is 0 Å². The van der Waals surface area contributed by atoms with E-state index in [0.717, 1.165) is 24.4 Å². The van der Waals surface area contributed by atoms with Crippen LogP contribution < -0.4 is 5.32 Å². The summed E-state index contributed by atoms with van der Waals surface area (Å²) in [7, 11) is 5.52. The normalized spacial score (nSPS) is 15.0. The Bertz CT molecular complexity index is 504. The monoisotopic (exact) mass is 319 g/mol. The molecule has 0 aromatic rings. The van der Waals surface area contributed by atoms with Crippen molar-refractivity contribution >= 4 is 18.9 Å². The third kappa shape index (κ3) is 7.63. The summed E-state index contributed by atoms with van der Waals surface area (Å²) in [6, 6.07) is 1.75. The van der Waals surface area contributed by atoms with Gasteiger partial charge in [-0.15, -0.1) is 0 Å². The molecule has 0 aromatic carbocycles. The Labute approximate surface area is 137 Å². The summed E-state index contributed by atoms with van der Waals surface area (Å²) in [4.78, 5) is 34.3. The molecular weight excluding hydrogens is 294 g/mol. The molecule has 0 spiro atoms. The second-order valence-corrected chi connectivity index (χ2v) is 5.31. The van der Waals surface area contributed by atoms with Crippen molar-refractivity contribution in [2.45, 2.75) is 31.7 Å². The molecule has 23 heavy (non-hydrogen) atoms. The summed E-state index contributed by atoms with van der Waals surface area (Å²) >= 11 is 0. The average Bonchev–Trinajstić information content (AvgIpc) is 2.56. The topological polar surface area (TPSA) is 90.3 Å². The lowest BCUT2D eigenvalue weighted by Gasteiger charge is -2.25. The number of rotatable bonds is 8. The number of nitrogens with zero attached hydrogens (tertiary/aromatic N) is 2. The molecule has 6 nitrogen and oxygen atoms in total. The maximum atomic E-state index is 11.1. The molecule has 1 aliphatic carbocycles. The van der Waals surface area contributed by atoms with Crippen LogP contribution in [0.25, 0.3) is 0 Å². The van der Waals surface area contributed by atoms with Gasteiger partial charge in [-0.2, -0.15) is 5.26 Å². The molecule has 0 heterocycles. The Morgan fingerprint density at radius 2 is 2.00 bits per heavy atom. The van der Waals surface area contributed by atoms with Gasteiger partial charge in [0.25, 0.3) is 0 Å². The van der Waals surface area contributed by atoms with Crippen molar-refractivity contribution in [2.75, 3.05) is 27.7 Å². The molecule has 1 aliphatic rings. The third-order valence-corrected chi connectivity index (χ3v) is 3.43. The maximum Gasteiger partial charge on any atom is 0.146 e. The van der Waals surface area contributed by atoms with Crippen molar-refractivity contribution in [2.24, 2.45) is 0 Å². The molecular formula is C17H25N3O3. The van der Waals surface area contributed by atoms with Gasteiger partial charge in [-0.05, 0) is 57.6 Å². The van der Waals surface area contributed by atoms with Crippen LogP contribution in [0, 0.1) is 11.3 Å². The summed E-state index contributed by atoms with van der Waals surface area (Å²) in [5.74, 6) is 0. The van der Waals surface area contributed by atoms with Gasteiger partial charge in [0.05, 0.1) is 12.1 Å². The van der Waals surface area contributed by atoms with E-state index in [4.69, 9.17) is 5.26 Å². The Hall–Kier alpha value is -2.10. The minimum atomic E-state index is -0.360. The molecule has 0 amide bonds. The fourth-order valence-corrected chi connectivity index (χ4v) is 2.19. The predicted molar refractivity (Wildman–Crippen MR) is 88.8 cm³/mol. The first kappa shape index (κ1) is 20.9. The number of hydrogen-bond acceptors (Lipinski definition) is 6. The van der Waals surface area contributed by atoms with Gasteiger partial charge in [-0.25, -0.2) is 0 Å². The van der Waals surface area contributed by atoms with Crippen molar-refractivity contribution in [3.63, 3.8) is 0 Å². The second-order valence-electron chi connectivity index (χ2n) is 5.31. The summed E-state index contributed by atoms with van der Waals surface area (Å²) in [5, 5.41) is 11.7. The Kier molecular flexibility index (Phi) is 11.3. The quantitative estimate of drug-likeness (QED) is 0.672. The molecule has 1 atom stereocenters. The fourth-order valence-electron chi connectivity index (χ4n) is 2.19. The number of nitriles is 1. The van der Waals surface area contributed by atoms with Gasteiger partial charge in [0, 0.05) is 18.5 Å². The van der Waals surface area contributed by atoms with Gasteiger partial charge < -0.3 is 14.9 Å². The minimum absolute atomic E-state index is 0.326. The van der Waals surface area contributed by atoms with Gasteiger partial charge in [-0.3, -0.25) is 9.69 Å². The van der Waals surface area contributed by atoms with E-state index in [9.17, 15) is 14.4 Å². The van der Waals surface area contributed by atoms with E-state index in [1.807, 2.05) is 14.1 Å². The van der Waals surface area contributed by atoms with E-state index in [2.05, 4.69) is 11.4 Å². The summed E-state index contributed by atoms with van der Waals surface area (Å²) in [6.07, 6.45) is 6.07. The van der Waals surface area contributed by atoms with Gasteiger partial charge in [-0.1, -0.05) is 0 Å². The zero-order valence-electron chi connectivity index (χ0n) is 14.0. The van der Waals surface area contributed by atoms with E-state index in [-0.39, 0.29) is 6.04 Å². The van der Waals surface area contributed by atoms with Crippen LogP contribution >= 0.6 is 0 Å². The van der Waals surface area contributed by atoms with E-state index in [0.29, 0.717) is 43.4 Å². The van der Waals surface area contributed by atoms with Crippen LogP contribution in [0.1, 0.15) is 25.7 Å². The number of carbonyl (C=O) groups excluding carboxylic acids is 3. The van der Waals surface area contributed by atoms with Crippen molar-refractivity contribution in [1.29, 1.82) is 5.26 Å². The van der Waals surface area contributed by atoms with E-state index >= 15 is 0 Å². The Balaban J connectivity index is 0.00000149. The number of likely N-dealkylation sites (N-methyl/N-ethyl adjacent to an activating group) is 1. The highest BCUT2D eigenvalue weighted by atomic mass is 16.1. The number of carbonyl (C=O) groups is 3. The Morgan fingerprint density at radius 1 is 1.35 bits per heavy atom. The first-order valence-electron chi connectivity index (χ1n) is 7.53. The van der Waals surface area contributed by atoms with Crippen LogP contribution in [0.15, 0.2) is 22.8 Å². The molecule has 0 saturated heterocycles. The molecule has 1 rings (SSSR count). The standard InChI is InChI=1S/C15H18N2O3.C2H7N/c1-17(15(11-20)3-2-6-18)9-14-7-12(8-16)4-5-13(14)10-19;1-3-2/h6-7,10-11,15H,2-5,9H2,1H3;3H,1-2H3. The molecule has 0 fully saturated rings. The third-order valence-electron chi connectivity index (χ3n) is 3.43. The lowest BCUT2D eigenvalue weighted by molar-refractivity contribution is -0.112. The van der Waals surface area contributed by atoms with Crippen LogP contribution in [-0.2, 0) is 14.4 Å². The molecule has 0 aliphatic heterocycles. The minimum Gasteiger partial charge on any atom is -0.323 e. The molecule has 126 valence electrons. The smallest absolute Gasteiger partial charge is 0.146 e. The van der Waals surface area contributed by atoms with Crippen LogP contribution in [0.5, 0.6) is 0 Å². The van der Waals surface area contributed by atoms with Gasteiger partial charge in [0.1, 0.15) is 18.9 Å². The highest BCUT2D eigenvalue weighted by Crippen LogP contribution is 2.23. The number of hydrogen-bond donors (Lipinski definition) is 1. The zero-order valence-corrected chi connectivity index (χ0v) is 14.0. The number of aldehydes is 3. The summed E-state index contributed by atoms with van der Waals surface area (Å²) < 4.78 is 0. The molecule has 0 saturated carbocycles. The van der Waals surface area contributed by atoms with Crippen molar-refractivity contribution in [3.8, 4) is 6.07 Å². The summed E-state index contributed by atoms with van der Waals surface area (Å²) in [5.41, 5.74) is 2.11. The largest absolute Gasteiger partial charge is 0.323 e. The van der Waals surface area contributed by atoms with Crippen molar-refractivity contribution in [3.05, 3.63) is 22.8 Å². The predicted octanol–water partition coefficient (Wildman–Crippen LogP) is 1.04. The maximum absolute atomic E-state index is 11.1. The number of nitrogens with one attached hydrogen (secondary N) is 1. The lowest BCUT2D eigenvalue weighted by atomic mass is 9.93. The average molecular weight is 319 g/mol. The first-order chi connectivity index (χ1) is 11.1. The van der Waals surface area contributed by atoms with Crippen LogP contribution in [0.2, 0.25) is 0 Å². The molecule has 1 unspecified atom stereocenters. The van der Waals surface area contributed by atoms with E-state index in [1.165, 1.54) is 0 Å².